The smallest absolute Gasteiger partial charge is 0.0385 e. The van der Waals surface area contributed by atoms with Crippen molar-refractivity contribution in [3.05, 3.63) is 96.1 Å². The molecule has 0 N–H and O–H groups in total. The van der Waals surface area contributed by atoms with Gasteiger partial charge in [-0.05, 0) is 44.2 Å². The van der Waals surface area contributed by atoms with Gasteiger partial charge in [0, 0.05) is 19.2 Å². The minimum absolute atomic E-state index is 0.903. The Morgan fingerprint density at radius 1 is 0.846 bits per heavy atom. The van der Waals surface area contributed by atoms with Crippen molar-refractivity contribution < 1.29 is 0 Å². The Hall–Kier alpha value is -2.41. The fraction of sp³-hybridized carbons (Fsp3) is 0.320. The molecule has 1 aromatic rings. The highest BCUT2D eigenvalue weighted by molar-refractivity contribution is 5.62. The summed E-state index contributed by atoms with van der Waals surface area (Å²) in [5.74, 6) is 0. The van der Waals surface area contributed by atoms with Crippen LogP contribution in [0.15, 0.2) is 95.5 Å². The summed E-state index contributed by atoms with van der Waals surface area (Å²) >= 11 is 0. The fourth-order valence-electron chi connectivity index (χ4n) is 2.50. The van der Waals surface area contributed by atoms with Crippen LogP contribution in [-0.4, -0.2) is 12.8 Å². The van der Waals surface area contributed by atoms with Crippen LogP contribution in [0.5, 0.6) is 0 Å². The van der Waals surface area contributed by atoms with Gasteiger partial charge in [-0.1, -0.05) is 91.4 Å². The first-order chi connectivity index (χ1) is 12.9. The summed E-state index contributed by atoms with van der Waals surface area (Å²) in [6.07, 6.45) is 18.2. The first-order valence-corrected chi connectivity index (χ1v) is 9.67. The highest BCUT2D eigenvalue weighted by Gasteiger charge is 1.92. The van der Waals surface area contributed by atoms with E-state index in [2.05, 4.69) is 77.8 Å². The lowest BCUT2D eigenvalue weighted by atomic mass is 10.1. The molecule has 1 rings (SSSR count). The molecule has 0 amide bonds. The van der Waals surface area contributed by atoms with Crippen LogP contribution in [-0.2, 0) is 6.42 Å². The van der Waals surface area contributed by atoms with Gasteiger partial charge in [-0.2, -0.15) is 0 Å². The zero-order chi connectivity index (χ0) is 18.7. The fourth-order valence-corrected chi connectivity index (χ4v) is 2.50. The number of allylic oxidation sites excluding steroid dienone is 6. The van der Waals surface area contributed by atoms with Crippen molar-refractivity contribution >= 4 is 6.21 Å². The van der Waals surface area contributed by atoms with E-state index in [0.29, 0.717) is 0 Å². The van der Waals surface area contributed by atoms with E-state index in [4.69, 9.17) is 0 Å². The van der Waals surface area contributed by atoms with E-state index in [1.54, 1.807) is 0 Å². The van der Waals surface area contributed by atoms with Crippen LogP contribution in [0, 0.1) is 0 Å². The molecule has 26 heavy (non-hydrogen) atoms. The molecule has 1 heteroatoms. The largest absolute Gasteiger partial charge is 0.297 e. The summed E-state index contributed by atoms with van der Waals surface area (Å²) in [6.45, 7) is 5.01. The van der Waals surface area contributed by atoms with Gasteiger partial charge in [-0.25, -0.2) is 0 Å². The molecule has 0 fully saturated rings. The topological polar surface area (TPSA) is 12.4 Å². The van der Waals surface area contributed by atoms with E-state index < -0.39 is 0 Å². The van der Waals surface area contributed by atoms with Crippen LogP contribution < -0.4 is 0 Å². The predicted molar refractivity (Wildman–Crippen MR) is 117 cm³/mol. The molecule has 0 aliphatic carbocycles. The molecule has 0 heterocycles. The van der Waals surface area contributed by atoms with Crippen LogP contribution >= 0.6 is 0 Å². The van der Waals surface area contributed by atoms with Gasteiger partial charge in [0.25, 0.3) is 0 Å². The van der Waals surface area contributed by atoms with Crippen LogP contribution in [0.25, 0.3) is 0 Å². The first-order valence-electron chi connectivity index (χ1n) is 9.67. The molecule has 1 nitrogen and oxygen atoms in total. The average Bonchev–Trinajstić information content (AvgIpc) is 2.66. The van der Waals surface area contributed by atoms with Gasteiger partial charge in [-0.15, -0.1) is 0 Å². The minimum Gasteiger partial charge on any atom is -0.297 e. The van der Waals surface area contributed by atoms with E-state index in [-0.39, 0.29) is 0 Å². The number of hydrogen-bond acceptors (Lipinski definition) is 1. The Morgan fingerprint density at radius 2 is 1.54 bits per heavy atom. The van der Waals surface area contributed by atoms with E-state index in [1.807, 2.05) is 32.2 Å². The summed E-state index contributed by atoms with van der Waals surface area (Å²) in [5.41, 5.74) is 2.68. The van der Waals surface area contributed by atoms with Crippen molar-refractivity contribution in [3.63, 3.8) is 0 Å². The number of aliphatic imine (C=N–C) groups is 1. The second-order valence-corrected chi connectivity index (χ2v) is 6.13. The number of nitrogens with zero attached hydrogens (tertiary/aromatic N) is 1. The lowest BCUT2D eigenvalue weighted by molar-refractivity contribution is 0.688. The molecule has 0 atom stereocenters. The van der Waals surface area contributed by atoms with Crippen molar-refractivity contribution in [2.24, 2.45) is 4.99 Å². The Balaban J connectivity index is 2.29. The first kappa shape index (κ1) is 21.6. The molecule has 0 spiro atoms. The summed E-state index contributed by atoms with van der Waals surface area (Å²) in [5, 5.41) is 0. The lowest BCUT2D eigenvalue weighted by Crippen LogP contribution is -1.88. The van der Waals surface area contributed by atoms with E-state index >= 15 is 0 Å². The SMILES string of the molecule is C\C=C/C=C(\C=C/C)CC=NCCCCCc1ccccccccc1. The quantitative estimate of drug-likeness (QED) is 0.244. The van der Waals surface area contributed by atoms with E-state index in [1.165, 1.54) is 24.0 Å². The molecule has 0 radical (unpaired) electrons. The molecule has 0 saturated carbocycles. The molecule has 0 saturated heterocycles. The second-order valence-electron chi connectivity index (χ2n) is 6.13. The van der Waals surface area contributed by atoms with Gasteiger partial charge in [0.05, 0.1) is 0 Å². The summed E-state index contributed by atoms with van der Waals surface area (Å²) < 4.78 is 0. The maximum Gasteiger partial charge on any atom is 0.0385 e. The van der Waals surface area contributed by atoms with Crippen molar-refractivity contribution in [3.8, 4) is 0 Å². The molecule has 0 aliphatic heterocycles. The van der Waals surface area contributed by atoms with Crippen LogP contribution in [0.3, 0.4) is 0 Å². The standard InChI is InChI=1S/C25H33N/c1-3-5-17-24(16-4-2)21-23-26-22-15-11-14-20-25-18-12-9-7-6-8-10-13-19-25/h3-10,12-13,16-19,23H,11,14-15,20-22H2,1-2H3/b5-3-,7-6?,8-6?,9-7?,10-8?,12-9?,13-10?,16-4-,18-12?,19-13?,24-17+,25-18?,25-19?,26-23?. The van der Waals surface area contributed by atoms with E-state index in [0.717, 1.165) is 25.8 Å². The monoisotopic (exact) mass is 347 g/mol. The molecular weight excluding hydrogens is 314 g/mol. The maximum absolute atomic E-state index is 4.56. The Labute approximate surface area is 160 Å². The van der Waals surface area contributed by atoms with Gasteiger partial charge in [-0.3, -0.25) is 4.99 Å². The van der Waals surface area contributed by atoms with Crippen molar-refractivity contribution in [2.45, 2.75) is 46.0 Å². The zero-order valence-electron chi connectivity index (χ0n) is 16.4. The van der Waals surface area contributed by atoms with Crippen molar-refractivity contribution in [1.82, 2.24) is 0 Å². The minimum atomic E-state index is 0.903. The third-order valence-corrected chi connectivity index (χ3v) is 3.88. The van der Waals surface area contributed by atoms with Crippen LogP contribution in [0.4, 0.5) is 0 Å². The highest BCUT2D eigenvalue weighted by Crippen LogP contribution is 2.06. The Morgan fingerprint density at radius 3 is 2.19 bits per heavy atom. The molecule has 0 unspecified atom stereocenters. The summed E-state index contributed by atoms with van der Waals surface area (Å²) in [7, 11) is 0. The molecule has 1 aromatic carbocycles. The van der Waals surface area contributed by atoms with Crippen molar-refractivity contribution in [2.75, 3.05) is 6.54 Å². The third kappa shape index (κ3) is 12.0. The maximum atomic E-state index is 4.56. The Kier molecular flexibility index (Phi) is 13.4. The molecule has 0 aliphatic rings. The molecular formula is C25H33N. The normalized spacial score (nSPS) is 12.2. The van der Waals surface area contributed by atoms with Crippen LogP contribution in [0.1, 0.15) is 45.1 Å². The third-order valence-electron chi connectivity index (χ3n) is 3.88. The molecule has 138 valence electrons. The number of hydrogen-bond donors (Lipinski definition) is 0. The lowest BCUT2D eigenvalue weighted by Gasteiger charge is -1.99. The van der Waals surface area contributed by atoms with E-state index in [9.17, 15) is 0 Å². The predicted octanol–water partition coefficient (Wildman–Crippen LogP) is 7.06. The second kappa shape index (κ2) is 16.1. The molecule has 0 aromatic heterocycles. The zero-order valence-corrected chi connectivity index (χ0v) is 16.4. The van der Waals surface area contributed by atoms with Gasteiger partial charge >= 0.3 is 0 Å². The highest BCUT2D eigenvalue weighted by atomic mass is 14.7. The average molecular weight is 348 g/mol. The summed E-state index contributed by atoms with van der Waals surface area (Å²) in [4.78, 5) is 4.56. The van der Waals surface area contributed by atoms with Gasteiger partial charge in [0.1, 0.15) is 0 Å². The van der Waals surface area contributed by atoms with Gasteiger partial charge in [0.2, 0.25) is 0 Å². The van der Waals surface area contributed by atoms with Crippen LogP contribution in [0.2, 0.25) is 0 Å². The van der Waals surface area contributed by atoms with Gasteiger partial charge < -0.3 is 0 Å². The summed E-state index contributed by atoms with van der Waals surface area (Å²) in [6, 6.07) is 18.9. The van der Waals surface area contributed by atoms with Crippen molar-refractivity contribution in [1.29, 1.82) is 0 Å². The number of unbranched alkanes of at least 4 members (excludes halogenated alkanes) is 2. The van der Waals surface area contributed by atoms with Gasteiger partial charge in [0.15, 0.2) is 0 Å². The molecule has 0 bridgehead atoms. The Bertz CT molecular complexity index is 624. The number of aryl methyl sites for hydroxylation is 1. The number of rotatable bonds is 10.